The third kappa shape index (κ3) is 6.55. The van der Waals surface area contributed by atoms with Crippen molar-refractivity contribution >= 4 is 40.0 Å². The molecule has 198 valence electrons. The first-order valence-electron chi connectivity index (χ1n) is 16.5. The van der Waals surface area contributed by atoms with E-state index in [1.807, 2.05) is 0 Å². The van der Waals surface area contributed by atoms with Crippen LogP contribution in [-0.2, 0) is 14.3 Å². The maximum Gasteiger partial charge on any atom is 0.324 e. The summed E-state index contributed by atoms with van der Waals surface area (Å²) in [7, 11) is 1.14. The number of nitrogens with zero attached hydrogens (tertiary/aromatic N) is 4. The Hall–Kier alpha value is -3.25. The number of rotatable bonds is 10. The van der Waals surface area contributed by atoms with Crippen LogP contribution in [0.15, 0.2) is 36.7 Å². The van der Waals surface area contributed by atoms with E-state index in [1.165, 1.54) is 30.0 Å². The molecule has 0 saturated carbocycles. The summed E-state index contributed by atoms with van der Waals surface area (Å²) in [5.41, 5.74) is 5.87. The molecule has 12 heteroatoms. The Kier molecular flexibility index (Phi) is 5.07. The van der Waals surface area contributed by atoms with Gasteiger partial charge in [-0.3, -0.25) is 14.6 Å². The SMILES string of the molecule is [2H]C([2H])(Oc1cc2c(N(COC(=O)C(C)N)c3ccc(F)c(Cl)c3)ncnc2cc1OC)C([2H])([2H])N1C([2H])([2H])C([2H])([2H])OC([2H])([2H])C1([2H])[2H]. The second-order valence-electron chi connectivity index (χ2n) is 7.31. The summed E-state index contributed by atoms with van der Waals surface area (Å²) in [4.78, 5) is 21.3. The van der Waals surface area contributed by atoms with Crippen molar-refractivity contribution in [2.45, 2.75) is 13.0 Å². The van der Waals surface area contributed by atoms with Gasteiger partial charge in [-0.25, -0.2) is 14.4 Å². The quantitative estimate of drug-likeness (QED) is 0.301. The summed E-state index contributed by atoms with van der Waals surface area (Å²) < 4.78 is 133. The molecule has 0 bridgehead atoms. The molecule has 1 atom stereocenters. The fourth-order valence-corrected chi connectivity index (χ4v) is 3.22. The van der Waals surface area contributed by atoms with Crippen molar-refractivity contribution in [3.8, 4) is 11.5 Å². The Morgan fingerprint density at radius 3 is 2.81 bits per heavy atom. The zero-order valence-electron chi connectivity index (χ0n) is 31.4. The van der Waals surface area contributed by atoms with E-state index in [4.69, 9.17) is 48.0 Å². The van der Waals surface area contributed by atoms with E-state index in [0.717, 1.165) is 25.6 Å². The standard InChI is InChI=1S/C25H29ClFN5O5/c1-16(28)25(33)37-15-32(17-3-4-20(27)19(26)11-17)24-18-12-23(22(34-2)13-21(18)29-14-30-24)36-10-7-31-5-8-35-9-6-31/h3-4,11-14,16H,5-10,15,28H2,1-2H3/i5D2,6D2,7D2,8D2,9D2,10D2. The van der Waals surface area contributed by atoms with Gasteiger partial charge < -0.3 is 24.7 Å². The van der Waals surface area contributed by atoms with Gasteiger partial charge in [0.15, 0.2) is 18.2 Å². The first-order valence-corrected chi connectivity index (χ1v) is 10.9. The highest BCUT2D eigenvalue weighted by atomic mass is 35.5. The molecule has 0 spiro atoms. The number of methoxy groups -OCH3 is 1. The van der Waals surface area contributed by atoms with Gasteiger partial charge in [-0.15, -0.1) is 0 Å². The average molecular weight is 546 g/mol. The van der Waals surface area contributed by atoms with Crippen LogP contribution in [0.1, 0.15) is 23.4 Å². The van der Waals surface area contributed by atoms with Crippen LogP contribution in [0.4, 0.5) is 15.9 Å². The molecule has 3 aromatic rings. The van der Waals surface area contributed by atoms with E-state index in [9.17, 15) is 9.18 Å². The maximum absolute atomic E-state index is 14.1. The number of halogens is 2. The molecule has 1 unspecified atom stereocenters. The van der Waals surface area contributed by atoms with Crippen LogP contribution in [0.25, 0.3) is 10.9 Å². The summed E-state index contributed by atoms with van der Waals surface area (Å²) in [6.07, 6.45) is 1.10. The number of hydrogen-bond donors (Lipinski definition) is 1. The van der Waals surface area contributed by atoms with E-state index in [2.05, 4.69) is 14.7 Å². The fourth-order valence-electron chi connectivity index (χ4n) is 3.05. The van der Waals surface area contributed by atoms with E-state index >= 15 is 0 Å². The molecular formula is C25H29ClFN5O5. The number of ether oxygens (including phenoxy) is 4. The Morgan fingerprint density at radius 2 is 2.11 bits per heavy atom. The molecule has 2 aromatic carbocycles. The van der Waals surface area contributed by atoms with Crippen molar-refractivity contribution in [3.05, 3.63) is 47.5 Å². The lowest BCUT2D eigenvalue weighted by Gasteiger charge is -2.27. The number of carbonyl (C=O) groups excluding carboxylic acids is 1. The number of carbonyl (C=O) groups is 1. The number of anilines is 2. The Morgan fingerprint density at radius 1 is 1.32 bits per heavy atom. The monoisotopic (exact) mass is 545 g/mol. The van der Waals surface area contributed by atoms with Crippen molar-refractivity contribution in [2.75, 3.05) is 57.9 Å². The molecule has 2 N–H and O–H groups in total. The summed E-state index contributed by atoms with van der Waals surface area (Å²) in [6.45, 7) is -22.0. The predicted molar refractivity (Wildman–Crippen MR) is 137 cm³/mol. The largest absolute Gasteiger partial charge is 0.493 e. The lowest BCUT2D eigenvalue weighted by Crippen LogP contribution is -2.38. The molecule has 4 rings (SSSR count). The normalized spacial score (nSPS) is 25.9. The molecule has 0 amide bonds. The lowest BCUT2D eigenvalue weighted by molar-refractivity contribution is -0.144. The summed E-state index contributed by atoms with van der Waals surface area (Å²) in [5, 5.41) is -0.297. The van der Waals surface area contributed by atoms with Crippen LogP contribution < -0.4 is 20.1 Å². The zero-order valence-corrected chi connectivity index (χ0v) is 20.2. The van der Waals surface area contributed by atoms with Gasteiger partial charge in [0.2, 0.25) is 0 Å². The smallest absolute Gasteiger partial charge is 0.324 e. The molecule has 37 heavy (non-hydrogen) atoms. The highest BCUT2D eigenvalue weighted by molar-refractivity contribution is 6.31. The summed E-state index contributed by atoms with van der Waals surface area (Å²) in [6, 6.07) is 4.77. The third-order valence-corrected chi connectivity index (χ3v) is 5.10. The van der Waals surface area contributed by atoms with Gasteiger partial charge >= 0.3 is 5.97 Å². The lowest BCUT2D eigenvalue weighted by atomic mass is 10.2. The fraction of sp³-hybridized carbons (Fsp3) is 0.400. The van der Waals surface area contributed by atoms with Crippen molar-refractivity contribution in [1.29, 1.82) is 0 Å². The van der Waals surface area contributed by atoms with Gasteiger partial charge in [0.1, 0.15) is 30.6 Å². The van der Waals surface area contributed by atoms with Crippen LogP contribution in [0.3, 0.4) is 0 Å². The van der Waals surface area contributed by atoms with E-state index in [-0.39, 0.29) is 33.2 Å². The van der Waals surface area contributed by atoms with Gasteiger partial charge in [-0.1, -0.05) is 11.6 Å². The first kappa shape index (κ1) is 15.2. The van der Waals surface area contributed by atoms with Gasteiger partial charge in [0.25, 0.3) is 0 Å². The van der Waals surface area contributed by atoms with Crippen LogP contribution in [0.5, 0.6) is 11.5 Å². The van der Waals surface area contributed by atoms with Gasteiger partial charge in [-0.2, -0.15) is 0 Å². The minimum Gasteiger partial charge on any atom is -0.493 e. The highest BCUT2D eigenvalue weighted by Crippen LogP contribution is 2.37. The van der Waals surface area contributed by atoms with Crippen molar-refractivity contribution < 1.29 is 44.6 Å². The Labute approximate surface area is 235 Å². The van der Waals surface area contributed by atoms with E-state index < -0.39 is 74.4 Å². The highest BCUT2D eigenvalue weighted by Gasteiger charge is 2.21. The average Bonchev–Trinajstić information content (AvgIpc) is 2.96. The molecule has 10 nitrogen and oxygen atoms in total. The second kappa shape index (κ2) is 12.3. The number of morpholine rings is 1. The molecule has 0 radical (unpaired) electrons. The zero-order chi connectivity index (χ0) is 37.1. The minimum absolute atomic E-state index is 0.0108. The number of fused-ring (bicyclic) bond motifs is 1. The van der Waals surface area contributed by atoms with Crippen LogP contribution in [-0.4, -0.2) is 79.9 Å². The Bertz CT molecular complexity index is 1730. The van der Waals surface area contributed by atoms with Crippen molar-refractivity contribution in [1.82, 2.24) is 14.9 Å². The van der Waals surface area contributed by atoms with Gasteiger partial charge in [0, 0.05) is 44.9 Å². The number of hydrogen-bond acceptors (Lipinski definition) is 10. The van der Waals surface area contributed by atoms with Gasteiger partial charge in [0.05, 0.1) is 39.0 Å². The topological polar surface area (TPSA) is 112 Å². The number of esters is 1. The number of nitrogens with two attached hydrogens (primary N) is 1. The van der Waals surface area contributed by atoms with E-state index in [0.29, 0.717) is 0 Å². The van der Waals surface area contributed by atoms with Crippen molar-refractivity contribution in [2.24, 2.45) is 5.73 Å². The molecule has 1 aromatic heterocycles. The molecule has 2 heterocycles. The predicted octanol–water partition coefficient (Wildman–Crippen LogP) is 3.13. The molecule has 1 aliphatic rings. The molecule has 1 aliphatic heterocycles. The number of benzene rings is 2. The van der Waals surface area contributed by atoms with E-state index in [1.54, 1.807) is 0 Å². The molecular weight excluding hydrogens is 505 g/mol. The summed E-state index contributed by atoms with van der Waals surface area (Å²) >= 11 is 6.01. The molecule has 1 fully saturated rings. The van der Waals surface area contributed by atoms with Gasteiger partial charge in [-0.05, 0) is 31.2 Å². The number of aromatic nitrogens is 2. The minimum atomic E-state index is -3.98. The maximum atomic E-state index is 14.1. The molecule has 0 aliphatic carbocycles. The van der Waals surface area contributed by atoms with Crippen LogP contribution in [0, 0.1) is 5.82 Å². The third-order valence-electron chi connectivity index (χ3n) is 4.81. The summed E-state index contributed by atoms with van der Waals surface area (Å²) in [5.74, 6) is -2.52. The Balaban J connectivity index is 1.87. The second-order valence-corrected chi connectivity index (χ2v) is 7.71. The molecule has 1 saturated heterocycles. The van der Waals surface area contributed by atoms with Crippen LogP contribution >= 0.6 is 11.6 Å². The van der Waals surface area contributed by atoms with Crippen LogP contribution in [0.2, 0.25) is 5.02 Å². The van der Waals surface area contributed by atoms with Crippen molar-refractivity contribution in [3.63, 3.8) is 0 Å². The first-order chi connectivity index (χ1) is 22.3.